The van der Waals surface area contributed by atoms with Gasteiger partial charge in [-0.15, -0.1) is 0 Å². The molecule has 4 rings (SSSR count). The molecule has 3 N–H and O–H groups in total. The lowest BCUT2D eigenvalue weighted by Crippen LogP contribution is -2.11. The third-order valence-electron chi connectivity index (χ3n) is 4.81. The van der Waals surface area contributed by atoms with Gasteiger partial charge < -0.3 is 10.1 Å². The van der Waals surface area contributed by atoms with E-state index in [0.717, 1.165) is 10.4 Å². The highest BCUT2D eigenvalue weighted by Crippen LogP contribution is 2.40. The van der Waals surface area contributed by atoms with Crippen LogP contribution in [0.25, 0.3) is 21.7 Å². The molecule has 1 heterocycles. The second-order valence-electron chi connectivity index (χ2n) is 7.20. The molecular formula is C24H20FN3O4S2. The van der Waals surface area contributed by atoms with E-state index in [0.29, 0.717) is 27.6 Å². The molecule has 0 radical (unpaired) electrons. The smallest absolute Gasteiger partial charge is 0.338 e. The number of anilines is 2. The van der Waals surface area contributed by atoms with Crippen molar-refractivity contribution in [3.05, 3.63) is 84.2 Å². The largest absolute Gasteiger partial charge is 0.462 e. The zero-order valence-electron chi connectivity index (χ0n) is 18.0. The molecule has 0 unspecified atom stereocenters. The van der Waals surface area contributed by atoms with Gasteiger partial charge in [0.15, 0.2) is 5.13 Å². The minimum Gasteiger partial charge on any atom is -0.462 e. The quantitative estimate of drug-likeness (QED) is 0.340. The zero-order valence-corrected chi connectivity index (χ0v) is 19.6. The molecule has 4 aromatic rings. The van der Waals surface area contributed by atoms with E-state index in [2.05, 4.69) is 10.3 Å². The van der Waals surface area contributed by atoms with Crippen LogP contribution >= 0.6 is 11.3 Å². The molecule has 0 spiro atoms. The third kappa shape index (κ3) is 5.30. The minimum absolute atomic E-state index is 0.00164. The van der Waals surface area contributed by atoms with E-state index >= 15 is 0 Å². The number of ether oxygens (including phenoxy) is 1. The van der Waals surface area contributed by atoms with E-state index in [1.807, 2.05) is 0 Å². The van der Waals surface area contributed by atoms with Crippen LogP contribution in [0, 0.1) is 5.82 Å². The number of nitrogens with one attached hydrogen (secondary N) is 1. The van der Waals surface area contributed by atoms with Gasteiger partial charge in [0.05, 0.1) is 27.6 Å². The molecule has 34 heavy (non-hydrogen) atoms. The fourth-order valence-electron chi connectivity index (χ4n) is 3.23. The molecule has 174 valence electrons. The summed E-state index contributed by atoms with van der Waals surface area (Å²) in [6.45, 7) is 2.02. The highest BCUT2D eigenvalue weighted by molar-refractivity contribution is 7.89. The first-order chi connectivity index (χ1) is 16.2. The fraction of sp³-hybridized carbons (Fsp3) is 0.0833. The van der Waals surface area contributed by atoms with Crippen LogP contribution in [0.15, 0.2) is 77.7 Å². The molecule has 1 aromatic heterocycles. The Balaban J connectivity index is 1.73. The highest BCUT2D eigenvalue weighted by atomic mass is 32.2. The summed E-state index contributed by atoms with van der Waals surface area (Å²) in [4.78, 5) is 17.5. The summed E-state index contributed by atoms with van der Waals surface area (Å²) >= 11 is 1.33. The van der Waals surface area contributed by atoms with Gasteiger partial charge in [-0.2, -0.15) is 0 Å². The summed E-state index contributed by atoms with van der Waals surface area (Å²) in [6, 6.07) is 18.9. The Morgan fingerprint density at radius 3 is 2.38 bits per heavy atom. The molecule has 0 saturated carbocycles. The first-order valence-electron chi connectivity index (χ1n) is 10.2. The van der Waals surface area contributed by atoms with Gasteiger partial charge in [-0.25, -0.2) is 27.7 Å². The summed E-state index contributed by atoms with van der Waals surface area (Å²) < 4.78 is 41.8. The molecule has 0 aliphatic heterocycles. The molecule has 10 heteroatoms. The van der Waals surface area contributed by atoms with Gasteiger partial charge in [0, 0.05) is 11.3 Å². The average Bonchev–Trinajstić information content (AvgIpc) is 3.23. The van der Waals surface area contributed by atoms with Crippen LogP contribution in [0.4, 0.5) is 15.2 Å². The number of hydrogen-bond acceptors (Lipinski definition) is 7. The van der Waals surface area contributed by atoms with E-state index < -0.39 is 16.0 Å². The lowest BCUT2D eigenvalue weighted by molar-refractivity contribution is 0.0526. The number of nitrogens with two attached hydrogens (primary N) is 1. The zero-order chi connectivity index (χ0) is 24.3. The molecule has 0 atom stereocenters. The second kappa shape index (κ2) is 9.72. The van der Waals surface area contributed by atoms with Gasteiger partial charge in [-0.05, 0) is 67.1 Å². The fourth-order valence-corrected chi connectivity index (χ4v) is 4.76. The number of rotatable bonds is 7. The van der Waals surface area contributed by atoms with Crippen molar-refractivity contribution in [2.45, 2.75) is 11.8 Å². The number of carbonyl (C=O) groups is 1. The third-order valence-corrected chi connectivity index (χ3v) is 6.76. The maximum Gasteiger partial charge on any atom is 0.338 e. The standard InChI is InChI=1S/C24H20FN3O4S2/c1-2-32-23(29)17-4-3-5-19(14-17)27-24-28-21(15-6-10-18(25)11-7-15)22(33-24)16-8-12-20(13-9-16)34(26,30)31/h3-14H,2H2,1H3,(H,27,28)(H2,26,30,31). The second-order valence-corrected chi connectivity index (χ2v) is 9.76. The van der Waals surface area contributed by atoms with Gasteiger partial charge in [0.25, 0.3) is 0 Å². The van der Waals surface area contributed by atoms with E-state index in [9.17, 15) is 17.6 Å². The van der Waals surface area contributed by atoms with Crippen LogP contribution in [0.3, 0.4) is 0 Å². The van der Waals surface area contributed by atoms with Gasteiger partial charge in [-0.3, -0.25) is 0 Å². The molecule has 0 amide bonds. The first kappa shape index (κ1) is 23.6. The Morgan fingerprint density at radius 1 is 1.06 bits per heavy atom. The lowest BCUT2D eigenvalue weighted by atomic mass is 10.1. The van der Waals surface area contributed by atoms with Crippen molar-refractivity contribution in [2.24, 2.45) is 5.14 Å². The minimum atomic E-state index is -3.82. The Labute approximate surface area is 200 Å². The predicted molar refractivity (Wildman–Crippen MR) is 130 cm³/mol. The lowest BCUT2D eigenvalue weighted by Gasteiger charge is -2.05. The van der Waals surface area contributed by atoms with Crippen molar-refractivity contribution in [3.63, 3.8) is 0 Å². The number of thiazole rings is 1. The summed E-state index contributed by atoms with van der Waals surface area (Å²) in [7, 11) is -3.82. The van der Waals surface area contributed by atoms with Crippen molar-refractivity contribution in [1.29, 1.82) is 0 Å². The van der Waals surface area contributed by atoms with Gasteiger partial charge in [-0.1, -0.05) is 29.5 Å². The van der Waals surface area contributed by atoms with Crippen LogP contribution in [0.1, 0.15) is 17.3 Å². The Kier molecular flexibility index (Phi) is 6.73. The maximum atomic E-state index is 13.5. The van der Waals surface area contributed by atoms with Gasteiger partial charge in [0.2, 0.25) is 10.0 Å². The molecular weight excluding hydrogens is 477 g/mol. The number of benzene rings is 3. The maximum absolute atomic E-state index is 13.5. The number of nitrogens with zero attached hydrogens (tertiary/aromatic N) is 1. The number of esters is 1. The predicted octanol–water partition coefficient (Wildman–Crippen LogP) is 5.18. The highest BCUT2D eigenvalue weighted by Gasteiger charge is 2.17. The van der Waals surface area contributed by atoms with Crippen molar-refractivity contribution in [3.8, 4) is 21.7 Å². The van der Waals surface area contributed by atoms with Crippen LogP contribution in [-0.2, 0) is 14.8 Å². The van der Waals surface area contributed by atoms with Crippen LogP contribution in [-0.4, -0.2) is 26.0 Å². The Hall–Kier alpha value is -3.60. The number of sulfonamides is 1. The SMILES string of the molecule is CCOC(=O)c1cccc(Nc2nc(-c3ccc(F)cc3)c(-c3ccc(S(N)(=O)=O)cc3)s2)c1. The van der Waals surface area contributed by atoms with E-state index in [1.54, 1.807) is 55.5 Å². The Bertz CT molecular complexity index is 1430. The summed E-state index contributed by atoms with van der Waals surface area (Å²) in [5.41, 5.74) is 3.05. The number of aromatic nitrogens is 1. The molecule has 3 aromatic carbocycles. The number of carbonyl (C=O) groups excluding carboxylic acids is 1. The van der Waals surface area contributed by atoms with Crippen molar-refractivity contribution < 1.29 is 22.3 Å². The van der Waals surface area contributed by atoms with E-state index in [-0.39, 0.29) is 17.3 Å². The van der Waals surface area contributed by atoms with Crippen LogP contribution in [0.5, 0.6) is 0 Å². The first-order valence-corrected chi connectivity index (χ1v) is 12.5. The van der Waals surface area contributed by atoms with Crippen LogP contribution in [0.2, 0.25) is 0 Å². The summed E-state index contributed by atoms with van der Waals surface area (Å²) in [6.07, 6.45) is 0. The number of hydrogen-bond donors (Lipinski definition) is 2. The molecule has 7 nitrogen and oxygen atoms in total. The van der Waals surface area contributed by atoms with E-state index in [1.165, 1.54) is 35.6 Å². The van der Waals surface area contributed by atoms with Gasteiger partial charge in [0.1, 0.15) is 5.82 Å². The number of primary sulfonamides is 1. The number of halogens is 1. The van der Waals surface area contributed by atoms with Crippen molar-refractivity contribution in [2.75, 3.05) is 11.9 Å². The van der Waals surface area contributed by atoms with E-state index in [4.69, 9.17) is 9.88 Å². The average molecular weight is 498 g/mol. The molecule has 0 bridgehead atoms. The normalized spacial score (nSPS) is 11.3. The molecule has 0 fully saturated rings. The molecule has 0 aliphatic carbocycles. The molecule has 0 aliphatic rings. The summed E-state index contributed by atoms with van der Waals surface area (Å²) in [5, 5.41) is 8.94. The topological polar surface area (TPSA) is 111 Å². The van der Waals surface area contributed by atoms with Crippen molar-refractivity contribution in [1.82, 2.24) is 4.98 Å². The van der Waals surface area contributed by atoms with Crippen LogP contribution < -0.4 is 10.5 Å². The summed E-state index contributed by atoms with van der Waals surface area (Å²) in [5.74, 6) is -0.792. The van der Waals surface area contributed by atoms with Gasteiger partial charge >= 0.3 is 5.97 Å². The monoisotopic (exact) mass is 497 g/mol. The Morgan fingerprint density at radius 2 is 1.74 bits per heavy atom. The molecule has 0 saturated heterocycles. The van der Waals surface area contributed by atoms with Crippen molar-refractivity contribution >= 4 is 38.1 Å².